The van der Waals surface area contributed by atoms with E-state index in [4.69, 9.17) is 20.4 Å². The van der Waals surface area contributed by atoms with E-state index in [9.17, 15) is 4.79 Å². The zero-order valence-electron chi connectivity index (χ0n) is 5.97. The summed E-state index contributed by atoms with van der Waals surface area (Å²) in [7, 11) is 0. The van der Waals surface area contributed by atoms with Crippen LogP contribution in [-0.4, -0.2) is 74.8 Å². The summed E-state index contributed by atoms with van der Waals surface area (Å²) in [5.74, 6) is -2.78. The summed E-state index contributed by atoms with van der Waals surface area (Å²) in [6.07, 6.45) is -2.78. The van der Waals surface area contributed by atoms with Crippen molar-refractivity contribution in [1.29, 1.82) is 0 Å². The molecule has 0 spiro atoms. The summed E-state index contributed by atoms with van der Waals surface area (Å²) in [5, 5.41) is 35.0. The van der Waals surface area contributed by atoms with E-state index in [1.165, 1.54) is 0 Å². The second-order valence-corrected chi connectivity index (χ2v) is 2.31. The number of aliphatic hydroxyl groups is 4. The molecule has 0 radical (unpaired) electrons. The molecule has 1 heterocycles. The second-order valence-electron chi connectivity index (χ2n) is 2.31. The number of hydrogen-bond acceptors (Lipinski definition) is 6. The summed E-state index contributed by atoms with van der Waals surface area (Å²) in [4.78, 5) is 10.5. The first-order valence-electron chi connectivity index (χ1n) is 3.20. The van der Waals surface area contributed by atoms with Crippen molar-refractivity contribution in [1.82, 2.24) is 0 Å². The van der Waals surface area contributed by atoms with Crippen LogP contribution in [0.1, 0.15) is 0 Å². The Bertz CT molecular complexity index is 237. The molecule has 13 heavy (non-hydrogen) atoms. The van der Waals surface area contributed by atoms with Gasteiger partial charge >= 0.3 is 35.5 Å². The van der Waals surface area contributed by atoms with Crippen LogP contribution in [0.15, 0.2) is 11.5 Å². The standard InChI is InChI=1S/C6H8O6.Na.H/c7-1-2(8)5-3(9)4(10)6(11)12-5;;/h2,5,7-10H,1H2;;/t2?,5-;;/m1../s1. The van der Waals surface area contributed by atoms with Gasteiger partial charge in [-0.15, -0.1) is 0 Å². The Kier molecular flexibility index (Phi) is 4.72. The normalized spacial score (nSPS) is 23.8. The van der Waals surface area contributed by atoms with Gasteiger partial charge in [-0.05, 0) is 0 Å². The molecule has 0 aliphatic carbocycles. The molecule has 1 rings (SSSR count). The third-order valence-corrected chi connectivity index (χ3v) is 1.48. The number of esters is 1. The molecule has 0 bridgehead atoms. The number of aliphatic hydroxyl groups excluding tert-OH is 4. The van der Waals surface area contributed by atoms with Crippen molar-refractivity contribution < 1.29 is 30.0 Å². The molecule has 0 aromatic rings. The monoisotopic (exact) mass is 200 g/mol. The van der Waals surface area contributed by atoms with E-state index in [-0.39, 0.29) is 29.6 Å². The summed E-state index contributed by atoms with van der Waals surface area (Å²) >= 11 is 0. The quantitative estimate of drug-likeness (QED) is 0.302. The Hall–Kier alpha value is -0.270. The average Bonchev–Trinajstić information content (AvgIpc) is 2.32. The molecule has 0 amide bonds. The first-order valence-corrected chi connectivity index (χ1v) is 3.20. The third-order valence-electron chi connectivity index (χ3n) is 1.48. The van der Waals surface area contributed by atoms with Gasteiger partial charge in [-0.25, -0.2) is 4.79 Å². The average molecular weight is 200 g/mol. The number of rotatable bonds is 2. The Balaban J connectivity index is 0.00000144. The molecule has 7 heteroatoms. The van der Waals surface area contributed by atoms with E-state index >= 15 is 0 Å². The van der Waals surface area contributed by atoms with Gasteiger partial charge in [0.05, 0.1) is 6.61 Å². The number of cyclic esters (lactones) is 1. The molecule has 1 aliphatic heterocycles. The molecule has 1 unspecified atom stereocenters. The van der Waals surface area contributed by atoms with Crippen LogP contribution in [0.3, 0.4) is 0 Å². The first kappa shape index (κ1) is 12.7. The van der Waals surface area contributed by atoms with Crippen LogP contribution in [0, 0.1) is 0 Å². The van der Waals surface area contributed by atoms with Gasteiger partial charge in [0.15, 0.2) is 11.9 Å². The molecule has 70 valence electrons. The van der Waals surface area contributed by atoms with Crippen LogP contribution in [0.4, 0.5) is 0 Å². The number of carbonyl (C=O) groups is 1. The molecule has 0 saturated heterocycles. The first-order chi connectivity index (χ1) is 5.57. The predicted molar refractivity (Wildman–Crippen MR) is 42.4 cm³/mol. The number of hydrogen-bond donors (Lipinski definition) is 4. The molecule has 0 saturated carbocycles. The van der Waals surface area contributed by atoms with Crippen molar-refractivity contribution in [3.05, 3.63) is 11.5 Å². The van der Waals surface area contributed by atoms with E-state index in [1.54, 1.807) is 0 Å². The van der Waals surface area contributed by atoms with Crippen molar-refractivity contribution in [2.45, 2.75) is 12.2 Å². The van der Waals surface area contributed by atoms with E-state index in [2.05, 4.69) is 4.74 Å². The van der Waals surface area contributed by atoms with Crippen molar-refractivity contribution in [3.8, 4) is 0 Å². The molecule has 6 nitrogen and oxygen atoms in total. The molecule has 4 N–H and O–H groups in total. The molecule has 2 atom stereocenters. The number of ether oxygens (including phenoxy) is 1. The van der Waals surface area contributed by atoms with Crippen molar-refractivity contribution in [3.63, 3.8) is 0 Å². The minimum absolute atomic E-state index is 0. The topological polar surface area (TPSA) is 107 Å². The Morgan fingerprint density at radius 2 is 2.00 bits per heavy atom. The molecular formula is C6H9NaO6. The Morgan fingerprint density at radius 3 is 2.31 bits per heavy atom. The van der Waals surface area contributed by atoms with Crippen molar-refractivity contribution >= 4 is 35.5 Å². The van der Waals surface area contributed by atoms with Crippen LogP contribution >= 0.6 is 0 Å². The minimum atomic E-state index is -1.42. The number of carbonyl (C=O) groups excluding carboxylic acids is 1. The maximum atomic E-state index is 10.5. The Labute approximate surface area is 95.7 Å². The van der Waals surface area contributed by atoms with E-state index in [0.29, 0.717) is 0 Å². The van der Waals surface area contributed by atoms with Crippen LogP contribution < -0.4 is 0 Å². The van der Waals surface area contributed by atoms with Crippen molar-refractivity contribution in [2.24, 2.45) is 0 Å². The summed E-state index contributed by atoms with van der Waals surface area (Å²) in [6.45, 7) is -0.671. The second kappa shape index (κ2) is 4.83. The fourth-order valence-corrected chi connectivity index (χ4v) is 0.823. The van der Waals surface area contributed by atoms with Gasteiger partial charge in [-0.2, -0.15) is 0 Å². The predicted octanol–water partition coefficient (Wildman–Crippen LogP) is -2.06. The van der Waals surface area contributed by atoms with Crippen LogP contribution in [0.25, 0.3) is 0 Å². The van der Waals surface area contributed by atoms with E-state index < -0.39 is 36.3 Å². The molecular weight excluding hydrogens is 191 g/mol. The van der Waals surface area contributed by atoms with Gasteiger partial charge in [0.25, 0.3) is 0 Å². The van der Waals surface area contributed by atoms with Gasteiger partial charge in [0.1, 0.15) is 6.10 Å². The van der Waals surface area contributed by atoms with Crippen molar-refractivity contribution in [2.75, 3.05) is 6.61 Å². The zero-order valence-corrected chi connectivity index (χ0v) is 5.97. The third kappa shape index (κ3) is 2.35. The summed E-state index contributed by atoms with van der Waals surface area (Å²) in [6, 6.07) is 0. The van der Waals surface area contributed by atoms with E-state index in [1.807, 2.05) is 0 Å². The van der Waals surface area contributed by atoms with Gasteiger partial charge in [-0.3, -0.25) is 0 Å². The summed E-state index contributed by atoms with van der Waals surface area (Å²) < 4.78 is 4.32. The van der Waals surface area contributed by atoms with Crippen LogP contribution in [0.5, 0.6) is 0 Å². The van der Waals surface area contributed by atoms with Gasteiger partial charge in [-0.1, -0.05) is 0 Å². The van der Waals surface area contributed by atoms with Gasteiger partial charge in [0.2, 0.25) is 5.76 Å². The SMILES string of the molecule is O=C1O[C@H](C(O)CO)C(O)=C1O.[NaH]. The van der Waals surface area contributed by atoms with Crippen LogP contribution in [-0.2, 0) is 9.53 Å². The maximum absolute atomic E-state index is 10.5. The fraction of sp³-hybridized carbons (Fsp3) is 0.500. The fourth-order valence-electron chi connectivity index (χ4n) is 0.823. The molecule has 0 aromatic heterocycles. The van der Waals surface area contributed by atoms with Gasteiger partial charge < -0.3 is 25.2 Å². The van der Waals surface area contributed by atoms with Crippen LogP contribution in [0.2, 0.25) is 0 Å². The molecule has 1 aliphatic rings. The Morgan fingerprint density at radius 1 is 1.46 bits per heavy atom. The van der Waals surface area contributed by atoms with Gasteiger partial charge in [0, 0.05) is 0 Å². The summed E-state index contributed by atoms with van der Waals surface area (Å²) in [5.41, 5.74) is 0. The molecule has 0 aromatic carbocycles. The molecule has 0 fully saturated rings. The zero-order chi connectivity index (χ0) is 9.30. The van der Waals surface area contributed by atoms with E-state index in [0.717, 1.165) is 0 Å².